The van der Waals surface area contributed by atoms with E-state index in [4.69, 9.17) is 9.47 Å². The summed E-state index contributed by atoms with van der Waals surface area (Å²) < 4.78 is 11.3. The summed E-state index contributed by atoms with van der Waals surface area (Å²) in [6, 6.07) is 15.1. The minimum absolute atomic E-state index is 0.231. The molecule has 1 atom stereocenters. The maximum atomic E-state index is 6.00. The third-order valence-corrected chi connectivity index (χ3v) is 5.19. The van der Waals surface area contributed by atoms with Crippen molar-refractivity contribution in [2.45, 2.75) is 26.3 Å². The van der Waals surface area contributed by atoms with Crippen molar-refractivity contribution in [3.8, 4) is 11.5 Å². The zero-order valence-electron chi connectivity index (χ0n) is 16.1. The van der Waals surface area contributed by atoms with Crippen molar-refractivity contribution in [3.05, 3.63) is 59.2 Å². The second kappa shape index (κ2) is 9.06. The molecule has 0 spiro atoms. The van der Waals surface area contributed by atoms with Gasteiger partial charge in [-0.15, -0.1) is 0 Å². The first-order valence-corrected chi connectivity index (χ1v) is 9.60. The number of nitrogens with zero attached hydrogens (tertiary/aromatic N) is 1. The van der Waals surface area contributed by atoms with E-state index in [9.17, 15) is 0 Å². The molecular formula is C22H30N2O2. The van der Waals surface area contributed by atoms with Crippen molar-refractivity contribution < 1.29 is 9.47 Å². The van der Waals surface area contributed by atoms with E-state index in [-0.39, 0.29) is 6.04 Å². The number of likely N-dealkylation sites (N-methyl/N-ethyl adjacent to an activating group) is 1. The fraction of sp³-hybridized carbons (Fsp3) is 0.455. The Kier molecular flexibility index (Phi) is 6.53. The molecule has 0 saturated heterocycles. The molecule has 0 aliphatic carbocycles. The fourth-order valence-corrected chi connectivity index (χ4v) is 3.56. The normalized spacial score (nSPS) is 16.4. The highest BCUT2D eigenvalue weighted by atomic mass is 16.5. The van der Waals surface area contributed by atoms with Gasteiger partial charge in [0.2, 0.25) is 0 Å². The minimum Gasteiger partial charge on any atom is -0.497 e. The first kappa shape index (κ1) is 18.7. The van der Waals surface area contributed by atoms with Crippen LogP contribution in [0, 0.1) is 0 Å². The maximum Gasteiger partial charge on any atom is 0.119 e. The summed E-state index contributed by atoms with van der Waals surface area (Å²) in [5.41, 5.74) is 3.99. The van der Waals surface area contributed by atoms with Gasteiger partial charge in [0.25, 0.3) is 0 Å². The predicted molar refractivity (Wildman–Crippen MR) is 106 cm³/mol. The van der Waals surface area contributed by atoms with E-state index in [2.05, 4.69) is 54.4 Å². The van der Waals surface area contributed by atoms with Gasteiger partial charge in [0.15, 0.2) is 0 Å². The molecule has 140 valence electrons. The molecule has 0 bridgehead atoms. The van der Waals surface area contributed by atoms with Crippen LogP contribution in [0.1, 0.15) is 36.6 Å². The average molecular weight is 354 g/mol. The lowest BCUT2D eigenvalue weighted by Crippen LogP contribution is -2.30. The van der Waals surface area contributed by atoms with Crippen LogP contribution in [0.4, 0.5) is 0 Å². The Morgan fingerprint density at radius 3 is 2.46 bits per heavy atom. The van der Waals surface area contributed by atoms with Crippen molar-refractivity contribution >= 4 is 0 Å². The first-order chi connectivity index (χ1) is 12.7. The van der Waals surface area contributed by atoms with Crippen LogP contribution in [-0.4, -0.2) is 44.8 Å². The Bertz CT molecular complexity index is 696. The Morgan fingerprint density at radius 2 is 1.77 bits per heavy atom. The molecule has 1 aliphatic rings. The lowest BCUT2D eigenvalue weighted by atomic mass is 9.90. The quantitative estimate of drug-likeness (QED) is 0.785. The molecule has 0 saturated carbocycles. The summed E-state index contributed by atoms with van der Waals surface area (Å²) in [4.78, 5) is 2.38. The molecule has 0 aromatic heterocycles. The molecule has 2 aromatic rings. The summed E-state index contributed by atoms with van der Waals surface area (Å²) in [6.07, 6.45) is 1.04. The van der Waals surface area contributed by atoms with Crippen molar-refractivity contribution in [1.82, 2.24) is 10.2 Å². The molecular weight excluding hydrogens is 324 g/mol. The maximum absolute atomic E-state index is 6.00. The summed E-state index contributed by atoms with van der Waals surface area (Å²) in [7, 11) is 1.70. The monoisotopic (exact) mass is 354 g/mol. The Balaban J connectivity index is 1.70. The SMILES string of the molecule is CCN(CC)CCOc1ccc2c(c1)CCNC2c1ccc(OC)cc1. The highest BCUT2D eigenvalue weighted by Crippen LogP contribution is 2.31. The number of hydrogen-bond donors (Lipinski definition) is 1. The van der Waals surface area contributed by atoms with E-state index in [1.165, 1.54) is 16.7 Å². The molecule has 1 N–H and O–H groups in total. The van der Waals surface area contributed by atoms with Crippen molar-refractivity contribution in [2.24, 2.45) is 0 Å². The van der Waals surface area contributed by atoms with Crippen LogP contribution < -0.4 is 14.8 Å². The molecule has 4 nitrogen and oxygen atoms in total. The van der Waals surface area contributed by atoms with Gasteiger partial charge in [0, 0.05) is 13.1 Å². The number of benzene rings is 2. The number of nitrogens with one attached hydrogen (secondary N) is 1. The molecule has 0 amide bonds. The van der Waals surface area contributed by atoms with E-state index < -0.39 is 0 Å². The summed E-state index contributed by atoms with van der Waals surface area (Å²) in [5.74, 6) is 1.87. The number of fused-ring (bicyclic) bond motifs is 1. The minimum atomic E-state index is 0.231. The standard InChI is InChI=1S/C22H30N2O2/c1-4-24(5-2)14-15-26-20-10-11-21-18(16-20)12-13-23-22(21)17-6-8-19(25-3)9-7-17/h6-11,16,22-23H,4-5,12-15H2,1-3H3. The van der Waals surface area contributed by atoms with Gasteiger partial charge in [-0.1, -0.05) is 32.0 Å². The van der Waals surface area contributed by atoms with Gasteiger partial charge in [0.1, 0.15) is 18.1 Å². The van der Waals surface area contributed by atoms with E-state index >= 15 is 0 Å². The van der Waals surface area contributed by atoms with Gasteiger partial charge >= 0.3 is 0 Å². The second-order valence-corrected chi connectivity index (χ2v) is 6.65. The molecule has 26 heavy (non-hydrogen) atoms. The third-order valence-electron chi connectivity index (χ3n) is 5.19. The number of methoxy groups -OCH3 is 1. The Labute approximate surface area is 157 Å². The van der Waals surface area contributed by atoms with E-state index in [0.717, 1.165) is 50.7 Å². The summed E-state index contributed by atoms with van der Waals surface area (Å²) in [6.45, 7) is 9.20. The van der Waals surface area contributed by atoms with Crippen molar-refractivity contribution in [3.63, 3.8) is 0 Å². The topological polar surface area (TPSA) is 33.7 Å². The van der Waals surface area contributed by atoms with Gasteiger partial charge in [-0.2, -0.15) is 0 Å². The van der Waals surface area contributed by atoms with Gasteiger partial charge in [-0.05, 0) is 60.5 Å². The first-order valence-electron chi connectivity index (χ1n) is 9.60. The van der Waals surface area contributed by atoms with Crippen molar-refractivity contribution in [2.75, 3.05) is 39.9 Å². The number of ether oxygens (including phenoxy) is 2. The van der Waals surface area contributed by atoms with Gasteiger partial charge in [-0.25, -0.2) is 0 Å². The van der Waals surface area contributed by atoms with Crippen LogP contribution >= 0.6 is 0 Å². The molecule has 2 aromatic carbocycles. The summed E-state index contributed by atoms with van der Waals surface area (Å²) >= 11 is 0. The third kappa shape index (κ3) is 4.37. The van der Waals surface area contributed by atoms with Gasteiger partial charge in [0.05, 0.1) is 13.2 Å². The zero-order chi connectivity index (χ0) is 18.4. The second-order valence-electron chi connectivity index (χ2n) is 6.65. The van der Waals surface area contributed by atoms with Gasteiger partial charge < -0.3 is 19.7 Å². The van der Waals surface area contributed by atoms with E-state index in [0.29, 0.717) is 0 Å². The molecule has 1 unspecified atom stereocenters. The lowest BCUT2D eigenvalue weighted by Gasteiger charge is -2.28. The Morgan fingerprint density at radius 1 is 1.04 bits per heavy atom. The number of rotatable bonds is 8. The molecule has 3 rings (SSSR count). The molecule has 1 heterocycles. The van der Waals surface area contributed by atoms with Crippen LogP contribution in [0.25, 0.3) is 0 Å². The zero-order valence-corrected chi connectivity index (χ0v) is 16.1. The van der Waals surface area contributed by atoms with E-state index in [1.54, 1.807) is 7.11 Å². The largest absolute Gasteiger partial charge is 0.497 e. The van der Waals surface area contributed by atoms with Crippen LogP contribution in [0.5, 0.6) is 11.5 Å². The van der Waals surface area contributed by atoms with Crippen LogP contribution in [0.2, 0.25) is 0 Å². The molecule has 4 heteroatoms. The lowest BCUT2D eigenvalue weighted by molar-refractivity contribution is 0.222. The number of hydrogen-bond acceptors (Lipinski definition) is 4. The Hall–Kier alpha value is -2.04. The van der Waals surface area contributed by atoms with Gasteiger partial charge in [-0.3, -0.25) is 0 Å². The average Bonchev–Trinajstić information content (AvgIpc) is 2.70. The van der Waals surface area contributed by atoms with Crippen LogP contribution in [0.3, 0.4) is 0 Å². The fourth-order valence-electron chi connectivity index (χ4n) is 3.56. The van der Waals surface area contributed by atoms with Crippen LogP contribution in [0.15, 0.2) is 42.5 Å². The highest BCUT2D eigenvalue weighted by Gasteiger charge is 2.21. The van der Waals surface area contributed by atoms with E-state index in [1.807, 2.05) is 12.1 Å². The molecule has 0 fully saturated rings. The van der Waals surface area contributed by atoms with Crippen LogP contribution in [-0.2, 0) is 6.42 Å². The highest BCUT2D eigenvalue weighted by molar-refractivity contribution is 5.44. The van der Waals surface area contributed by atoms with Crippen molar-refractivity contribution in [1.29, 1.82) is 0 Å². The molecule has 0 radical (unpaired) electrons. The predicted octanol–water partition coefficient (Wildman–Crippen LogP) is 3.65. The molecule has 1 aliphatic heterocycles. The smallest absolute Gasteiger partial charge is 0.119 e. The summed E-state index contributed by atoms with van der Waals surface area (Å²) in [5, 5.41) is 3.63.